The lowest BCUT2D eigenvalue weighted by molar-refractivity contribution is 0.259. The molecule has 0 saturated carbocycles. The second-order valence-electron chi connectivity index (χ2n) is 5.54. The number of aromatic nitrogens is 1. The first-order chi connectivity index (χ1) is 10.7. The van der Waals surface area contributed by atoms with Gasteiger partial charge in [-0.1, -0.05) is 18.2 Å². The van der Waals surface area contributed by atoms with Gasteiger partial charge < -0.3 is 4.74 Å². The normalized spacial score (nSPS) is 15.5. The van der Waals surface area contributed by atoms with Crippen LogP contribution in [0.4, 0.5) is 4.39 Å². The molecule has 1 aromatic heterocycles. The molecule has 114 valence electrons. The maximum absolute atomic E-state index is 13.3. The number of rotatable bonds is 4. The van der Waals surface area contributed by atoms with E-state index in [1.54, 1.807) is 18.5 Å². The van der Waals surface area contributed by atoms with Gasteiger partial charge in [0.15, 0.2) is 0 Å². The van der Waals surface area contributed by atoms with Gasteiger partial charge in [-0.2, -0.15) is 0 Å². The largest absolute Gasteiger partial charge is 0.455 e. The smallest absolute Gasteiger partial charge is 0.145 e. The lowest BCUT2D eigenvalue weighted by Gasteiger charge is -2.24. The van der Waals surface area contributed by atoms with Crippen molar-refractivity contribution in [3.05, 3.63) is 65.8 Å². The number of aryl methyl sites for hydroxylation is 1. The minimum absolute atomic E-state index is 0.0282. The molecule has 3 nitrogen and oxygen atoms in total. The highest BCUT2D eigenvalue weighted by molar-refractivity contribution is 5.39. The van der Waals surface area contributed by atoms with Crippen LogP contribution in [0.3, 0.4) is 0 Å². The number of benzene rings is 1. The van der Waals surface area contributed by atoms with Crippen molar-refractivity contribution in [3.8, 4) is 11.5 Å². The predicted molar refractivity (Wildman–Crippen MR) is 84.6 cm³/mol. The zero-order chi connectivity index (χ0) is 15.4. The SMILES string of the molecule is Cc1cc(CN2CCC=C(F)C2)ccc1Oc1cccnc1. The minimum Gasteiger partial charge on any atom is -0.455 e. The van der Waals surface area contributed by atoms with E-state index < -0.39 is 0 Å². The summed E-state index contributed by atoms with van der Waals surface area (Å²) in [5, 5.41) is 0. The van der Waals surface area contributed by atoms with Crippen molar-refractivity contribution in [1.82, 2.24) is 9.88 Å². The van der Waals surface area contributed by atoms with Crippen molar-refractivity contribution in [2.75, 3.05) is 13.1 Å². The van der Waals surface area contributed by atoms with E-state index in [1.807, 2.05) is 31.2 Å². The van der Waals surface area contributed by atoms with E-state index in [-0.39, 0.29) is 5.83 Å². The maximum atomic E-state index is 13.3. The quantitative estimate of drug-likeness (QED) is 0.844. The molecule has 0 radical (unpaired) electrons. The molecule has 0 saturated heterocycles. The average molecular weight is 298 g/mol. The van der Waals surface area contributed by atoms with E-state index in [9.17, 15) is 4.39 Å². The van der Waals surface area contributed by atoms with Crippen molar-refractivity contribution in [3.63, 3.8) is 0 Å². The molecule has 3 rings (SSSR count). The second-order valence-corrected chi connectivity index (χ2v) is 5.54. The van der Waals surface area contributed by atoms with E-state index in [2.05, 4.69) is 16.0 Å². The zero-order valence-electron chi connectivity index (χ0n) is 12.6. The average Bonchev–Trinajstić information content (AvgIpc) is 2.51. The van der Waals surface area contributed by atoms with Gasteiger partial charge in [-0.3, -0.25) is 9.88 Å². The van der Waals surface area contributed by atoms with Crippen LogP contribution in [-0.2, 0) is 6.54 Å². The molecular weight excluding hydrogens is 279 g/mol. The Bertz CT molecular complexity index is 670. The number of halogens is 1. The number of nitrogens with zero attached hydrogens (tertiary/aromatic N) is 2. The number of pyridine rings is 1. The van der Waals surface area contributed by atoms with Crippen LogP contribution in [0.2, 0.25) is 0 Å². The molecule has 0 unspecified atom stereocenters. The Morgan fingerprint density at radius 2 is 2.23 bits per heavy atom. The fourth-order valence-electron chi connectivity index (χ4n) is 2.61. The first kappa shape index (κ1) is 14.7. The Labute approximate surface area is 130 Å². The number of ether oxygens (including phenoxy) is 1. The molecule has 0 amide bonds. The molecule has 1 aliphatic heterocycles. The van der Waals surface area contributed by atoms with Crippen molar-refractivity contribution in [2.45, 2.75) is 19.9 Å². The summed E-state index contributed by atoms with van der Waals surface area (Å²) in [6.07, 6.45) is 5.87. The molecule has 0 spiro atoms. The van der Waals surface area contributed by atoms with Crippen LogP contribution in [0, 0.1) is 6.92 Å². The van der Waals surface area contributed by atoms with Crippen LogP contribution in [-0.4, -0.2) is 23.0 Å². The molecule has 4 heteroatoms. The summed E-state index contributed by atoms with van der Waals surface area (Å²) in [5.74, 6) is 1.52. The maximum Gasteiger partial charge on any atom is 0.145 e. The molecule has 0 fully saturated rings. The van der Waals surface area contributed by atoms with Crippen molar-refractivity contribution in [1.29, 1.82) is 0 Å². The van der Waals surface area contributed by atoms with E-state index in [0.29, 0.717) is 6.54 Å². The number of hydrogen-bond acceptors (Lipinski definition) is 3. The Morgan fingerprint density at radius 3 is 2.95 bits per heavy atom. The highest BCUT2D eigenvalue weighted by Gasteiger charge is 2.13. The first-order valence-corrected chi connectivity index (χ1v) is 7.45. The molecule has 1 aromatic carbocycles. The first-order valence-electron chi connectivity index (χ1n) is 7.45. The summed E-state index contributed by atoms with van der Waals surface area (Å²) in [6.45, 7) is 4.09. The van der Waals surface area contributed by atoms with Crippen molar-refractivity contribution >= 4 is 0 Å². The molecule has 0 atom stereocenters. The summed E-state index contributed by atoms with van der Waals surface area (Å²) < 4.78 is 19.1. The third kappa shape index (κ3) is 3.71. The van der Waals surface area contributed by atoms with Crippen LogP contribution in [0.25, 0.3) is 0 Å². The molecule has 0 bridgehead atoms. The van der Waals surface area contributed by atoms with E-state index in [0.717, 1.165) is 36.6 Å². The van der Waals surface area contributed by atoms with Gasteiger partial charge in [-0.25, -0.2) is 4.39 Å². The van der Waals surface area contributed by atoms with E-state index in [4.69, 9.17) is 4.74 Å². The topological polar surface area (TPSA) is 25.4 Å². The Kier molecular flexibility index (Phi) is 4.49. The third-order valence-corrected chi connectivity index (χ3v) is 3.69. The van der Waals surface area contributed by atoms with Crippen LogP contribution < -0.4 is 4.74 Å². The molecule has 2 heterocycles. The molecule has 2 aromatic rings. The summed E-state index contributed by atoms with van der Waals surface area (Å²) in [7, 11) is 0. The molecule has 1 aliphatic rings. The standard InChI is InChI=1S/C18H19FN2O/c1-14-10-15(12-21-9-3-4-16(19)13-21)6-7-18(14)22-17-5-2-8-20-11-17/h2,4-8,10-11H,3,9,12-13H2,1H3. The van der Waals surface area contributed by atoms with Gasteiger partial charge in [0.1, 0.15) is 17.3 Å². The summed E-state index contributed by atoms with van der Waals surface area (Å²) in [6, 6.07) is 9.82. The summed E-state index contributed by atoms with van der Waals surface area (Å²) in [5.41, 5.74) is 2.24. The second kappa shape index (κ2) is 6.71. The molecule has 0 N–H and O–H groups in total. The Balaban J connectivity index is 1.68. The fourth-order valence-corrected chi connectivity index (χ4v) is 2.61. The molecular formula is C18H19FN2O. The van der Waals surface area contributed by atoms with Gasteiger partial charge in [-0.15, -0.1) is 0 Å². The van der Waals surface area contributed by atoms with Crippen LogP contribution in [0.5, 0.6) is 11.5 Å². The number of hydrogen-bond donors (Lipinski definition) is 0. The van der Waals surface area contributed by atoms with Gasteiger partial charge in [-0.05, 0) is 42.7 Å². The lowest BCUT2D eigenvalue weighted by atomic mass is 10.1. The van der Waals surface area contributed by atoms with Crippen LogP contribution in [0.15, 0.2) is 54.6 Å². The minimum atomic E-state index is -0.0282. The third-order valence-electron chi connectivity index (χ3n) is 3.69. The van der Waals surface area contributed by atoms with E-state index in [1.165, 1.54) is 5.56 Å². The molecule has 0 aliphatic carbocycles. The summed E-state index contributed by atoms with van der Waals surface area (Å²) >= 11 is 0. The Morgan fingerprint density at radius 1 is 1.32 bits per heavy atom. The van der Waals surface area contributed by atoms with Crippen molar-refractivity contribution in [2.24, 2.45) is 0 Å². The van der Waals surface area contributed by atoms with Crippen LogP contribution in [0.1, 0.15) is 17.5 Å². The monoisotopic (exact) mass is 298 g/mol. The van der Waals surface area contributed by atoms with Gasteiger partial charge in [0.2, 0.25) is 0 Å². The van der Waals surface area contributed by atoms with Crippen LogP contribution >= 0.6 is 0 Å². The summed E-state index contributed by atoms with van der Waals surface area (Å²) in [4.78, 5) is 6.16. The van der Waals surface area contributed by atoms with E-state index >= 15 is 0 Å². The Hall–Kier alpha value is -2.20. The fraction of sp³-hybridized carbons (Fsp3) is 0.278. The van der Waals surface area contributed by atoms with Gasteiger partial charge >= 0.3 is 0 Å². The van der Waals surface area contributed by atoms with Gasteiger partial charge in [0.05, 0.1) is 12.7 Å². The predicted octanol–water partition coefficient (Wildman–Crippen LogP) is 4.24. The highest BCUT2D eigenvalue weighted by atomic mass is 19.1. The lowest BCUT2D eigenvalue weighted by Crippen LogP contribution is -2.28. The van der Waals surface area contributed by atoms with Gasteiger partial charge in [0.25, 0.3) is 0 Å². The van der Waals surface area contributed by atoms with Crippen molar-refractivity contribution < 1.29 is 9.13 Å². The molecule has 22 heavy (non-hydrogen) atoms. The zero-order valence-corrected chi connectivity index (χ0v) is 12.6. The van der Waals surface area contributed by atoms with Gasteiger partial charge in [0, 0.05) is 19.3 Å². The highest BCUT2D eigenvalue weighted by Crippen LogP contribution is 2.26.